The summed E-state index contributed by atoms with van der Waals surface area (Å²) in [5.41, 5.74) is 2.61. The van der Waals surface area contributed by atoms with Gasteiger partial charge in [0.2, 0.25) is 0 Å². The van der Waals surface area contributed by atoms with Crippen LogP contribution in [0.25, 0.3) is 10.2 Å². The Morgan fingerprint density at radius 3 is 2.49 bits per heavy atom. The molecule has 3 aromatic rings. The third kappa shape index (κ3) is 4.46. The van der Waals surface area contributed by atoms with Crippen molar-refractivity contribution in [2.24, 2.45) is 0 Å². The van der Waals surface area contributed by atoms with Gasteiger partial charge in [0, 0.05) is 26.2 Å². The quantitative estimate of drug-likeness (QED) is 0.380. The maximum Gasteiger partial charge on any atom is 0.280 e. The van der Waals surface area contributed by atoms with Gasteiger partial charge in [0.25, 0.3) is 17.7 Å². The van der Waals surface area contributed by atoms with Gasteiger partial charge in [-0.25, -0.2) is 4.98 Å². The van der Waals surface area contributed by atoms with Crippen molar-refractivity contribution in [3.05, 3.63) is 52.5 Å². The van der Waals surface area contributed by atoms with Gasteiger partial charge in [0.15, 0.2) is 5.01 Å². The number of anilines is 1. The molecule has 2 aliphatic rings. The van der Waals surface area contributed by atoms with Gasteiger partial charge in [-0.3, -0.25) is 19.3 Å². The zero-order chi connectivity index (χ0) is 24.4. The van der Waals surface area contributed by atoms with Crippen LogP contribution in [0.4, 0.5) is 5.69 Å². The molecule has 2 aromatic carbocycles. The summed E-state index contributed by atoms with van der Waals surface area (Å²) in [5.74, 6) is -0.126. The molecule has 1 saturated heterocycles. The first-order valence-electron chi connectivity index (χ1n) is 11.6. The summed E-state index contributed by atoms with van der Waals surface area (Å²) in [6, 6.07) is 10.7. The average molecular weight is 495 g/mol. The van der Waals surface area contributed by atoms with Gasteiger partial charge in [-0.05, 0) is 37.1 Å². The number of nitrogens with zero attached hydrogens (tertiary/aromatic N) is 3. The highest BCUT2D eigenvalue weighted by Gasteiger charge is 2.34. The molecule has 5 rings (SSSR count). The Kier molecular flexibility index (Phi) is 6.65. The summed E-state index contributed by atoms with van der Waals surface area (Å²) < 4.78 is 11.9. The summed E-state index contributed by atoms with van der Waals surface area (Å²) in [7, 11) is 1.59. The largest absolute Gasteiger partial charge is 0.494 e. The number of amides is 3. The van der Waals surface area contributed by atoms with E-state index in [0.717, 1.165) is 23.5 Å². The molecule has 0 unspecified atom stereocenters. The fourth-order valence-corrected chi connectivity index (χ4v) is 5.44. The van der Waals surface area contributed by atoms with Gasteiger partial charge in [-0.1, -0.05) is 12.1 Å². The zero-order valence-electron chi connectivity index (χ0n) is 19.4. The van der Waals surface area contributed by atoms with Crippen LogP contribution in [0.3, 0.4) is 0 Å². The molecule has 0 bridgehead atoms. The summed E-state index contributed by atoms with van der Waals surface area (Å²) >= 11 is 1.35. The lowest BCUT2D eigenvalue weighted by Crippen LogP contribution is -2.36. The SMILES string of the molecule is COc1ccc(N2CCOCC2)c2sc(C(=O)NCCCCN3C(=O)c4ccccc4C3=O)nc12. The van der Waals surface area contributed by atoms with Crippen molar-refractivity contribution >= 4 is 45.0 Å². The molecule has 0 saturated carbocycles. The van der Waals surface area contributed by atoms with Gasteiger partial charge < -0.3 is 19.7 Å². The van der Waals surface area contributed by atoms with Crippen LogP contribution < -0.4 is 15.0 Å². The molecule has 1 N–H and O–H groups in total. The highest BCUT2D eigenvalue weighted by atomic mass is 32.1. The van der Waals surface area contributed by atoms with Gasteiger partial charge in [-0.2, -0.15) is 0 Å². The highest BCUT2D eigenvalue weighted by molar-refractivity contribution is 7.21. The number of hydrogen-bond donors (Lipinski definition) is 1. The minimum absolute atomic E-state index is 0.248. The lowest BCUT2D eigenvalue weighted by molar-refractivity contribution is 0.0650. The first-order chi connectivity index (χ1) is 17.1. The molecule has 3 heterocycles. The molecule has 182 valence electrons. The Labute approximate surface area is 206 Å². The molecule has 0 atom stereocenters. The van der Waals surface area contributed by atoms with Crippen LogP contribution in [0.2, 0.25) is 0 Å². The second-order valence-corrected chi connectivity index (χ2v) is 9.35. The normalized spacial score (nSPS) is 15.6. The fraction of sp³-hybridized carbons (Fsp3) is 0.360. The van der Waals surface area contributed by atoms with Crippen molar-refractivity contribution in [2.45, 2.75) is 12.8 Å². The Hall–Kier alpha value is -3.50. The van der Waals surface area contributed by atoms with Crippen LogP contribution in [-0.4, -0.2) is 74.1 Å². The zero-order valence-corrected chi connectivity index (χ0v) is 20.2. The molecule has 1 fully saturated rings. The highest BCUT2D eigenvalue weighted by Crippen LogP contribution is 2.37. The van der Waals surface area contributed by atoms with E-state index in [4.69, 9.17) is 9.47 Å². The van der Waals surface area contributed by atoms with Crippen molar-refractivity contribution in [2.75, 3.05) is 51.4 Å². The summed E-state index contributed by atoms with van der Waals surface area (Å²) in [5, 5.41) is 3.28. The number of aromatic nitrogens is 1. The molecule has 9 nitrogen and oxygen atoms in total. The second-order valence-electron chi connectivity index (χ2n) is 8.35. The number of carbonyl (C=O) groups excluding carboxylic acids is 3. The van der Waals surface area contributed by atoms with Crippen LogP contribution in [-0.2, 0) is 4.74 Å². The first kappa shape index (κ1) is 23.3. The Balaban J connectivity index is 1.19. The van der Waals surface area contributed by atoms with Crippen LogP contribution in [0.1, 0.15) is 43.4 Å². The lowest BCUT2D eigenvalue weighted by Gasteiger charge is -2.29. The van der Waals surface area contributed by atoms with Gasteiger partial charge in [0.05, 0.1) is 41.8 Å². The van der Waals surface area contributed by atoms with E-state index in [1.807, 2.05) is 12.1 Å². The molecule has 10 heteroatoms. The van der Waals surface area contributed by atoms with E-state index in [1.165, 1.54) is 16.2 Å². The van der Waals surface area contributed by atoms with Crippen molar-refractivity contribution in [1.82, 2.24) is 15.2 Å². The van der Waals surface area contributed by atoms with Crippen molar-refractivity contribution < 1.29 is 23.9 Å². The second kappa shape index (κ2) is 10.0. The number of fused-ring (bicyclic) bond motifs is 2. The molecule has 1 aromatic heterocycles. The molecule has 0 radical (unpaired) electrons. The lowest BCUT2D eigenvalue weighted by atomic mass is 10.1. The molecule has 0 spiro atoms. The van der Waals surface area contributed by atoms with E-state index in [9.17, 15) is 14.4 Å². The fourth-order valence-electron chi connectivity index (χ4n) is 4.40. The number of unbranched alkanes of at least 4 members (excludes halogenated alkanes) is 1. The molecule has 3 amide bonds. The van der Waals surface area contributed by atoms with Gasteiger partial charge >= 0.3 is 0 Å². The van der Waals surface area contributed by atoms with Crippen molar-refractivity contribution in [3.63, 3.8) is 0 Å². The third-order valence-corrected chi connectivity index (χ3v) is 7.30. The number of methoxy groups -OCH3 is 1. The van der Waals surface area contributed by atoms with Crippen LogP contribution in [0.15, 0.2) is 36.4 Å². The van der Waals surface area contributed by atoms with E-state index in [1.54, 1.807) is 31.4 Å². The number of imide groups is 1. The van der Waals surface area contributed by atoms with E-state index in [2.05, 4.69) is 15.2 Å². The number of morpholine rings is 1. The maximum atomic E-state index is 12.8. The number of benzene rings is 2. The van der Waals surface area contributed by atoms with Gasteiger partial charge in [0.1, 0.15) is 11.3 Å². The Morgan fingerprint density at radius 1 is 1.09 bits per heavy atom. The Bertz CT molecular complexity index is 1250. The van der Waals surface area contributed by atoms with E-state index in [-0.39, 0.29) is 17.7 Å². The number of thiazole rings is 1. The number of ether oxygens (including phenoxy) is 2. The van der Waals surface area contributed by atoms with Crippen molar-refractivity contribution in [3.8, 4) is 5.75 Å². The molecule has 0 aliphatic carbocycles. The third-order valence-electron chi connectivity index (χ3n) is 6.22. The smallest absolute Gasteiger partial charge is 0.280 e. The first-order valence-corrected chi connectivity index (χ1v) is 12.4. The number of carbonyl (C=O) groups is 3. The summed E-state index contributed by atoms with van der Waals surface area (Å²) in [6.45, 7) is 3.65. The van der Waals surface area contributed by atoms with E-state index in [0.29, 0.717) is 66.5 Å². The van der Waals surface area contributed by atoms with Crippen molar-refractivity contribution in [1.29, 1.82) is 0 Å². The molecular weight excluding hydrogens is 468 g/mol. The van der Waals surface area contributed by atoms with Crippen LogP contribution in [0.5, 0.6) is 5.75 Å². The number of rotatable bonds is 8. The average Bonchev–Trinajstić information content (AvgIpc) is 3.44. The minimum Gasteiger partial charge on any atom is -0.494 e. The predicted molar refractivity (Wildman–Crippen MR) is 133 cm³/mol. The van der Waals surface area contributed by atoms with Crippen LogP contribution >= 0.6 is 11.3 Å². The van der Waals surface area contributed by atoms with Gasteiger partial charge in [-0.15, -0.1) is 11.3 Å². The standard InChI is InChI=1S/C25H26N4O5S/c1-33-19-9-8-18(28-12-14-34-15-13-28)21-20(19)27-23(35-21)22(30)26-10-4-5-11-29-24(31)16-6-2-3-7-17(16)25(29)32/h2-3,6-9H,4-5,10-15H2,1H3,(H,26,30). The maximum absolute atomic E-state index is 12.8. The number of hydrogen-bond acceptors (Lipinski definition) is 8. The molecule has 35 heavy (non-hydrogen) atoms. The van der Waals surface area contributed by atoms with E-state index >= 15 is 0 Å². The molecular formula is C25H26N4O5S. The monoisotopic (exact) mass is 494 g/mol. The number of nitrogens with one attached hydrogen (secondary N) is 1. The molecule has 2 aliphatic heterocycles. The van der Waals surface area contributed by atoms with E-state index < -0.39 is 0 Å². The minimum atomic E-state index is -0.255. The predicted octanol–water partition coefficient (Wildman–Crippen LogP) is 2.95. The summed E-state index contributed by atoms with van der Waals surface area (Å²) in [6.07, 6.45) is 1.23. The summed E-state index contributed by atoms with van der Waals surface area (Å²) in [4.78, 5) is 45.8. The topological polar surface area (TPSA) is 101 Å². The van der Waals surface area contributed by atoms with Crippen LogP contribution in [0, 0.1) is 0 Å². The Morgan fingerprint density at radius 2 is 1.80 bits per heavy atom.